The van der Waals surface area contributed by atoms with Crippen LogP contribution in [0, 0.1) is 6.92 Å². The summed E-state index contributed by atoms with van der Waals surface area (Å²) in [5, 5.41) is 0. The second-order valence-corrected chi connectivity index (χ2v) is 7.06. The summed E-state index contributed by atoms with van der Waals surface area (Å²) >= 11 is 3.28. The molecule has 1 aromatic heterocycles. The molecule has 0 atom stereocenters. The van der Waals surface area contributed by atoms with Crippen LogP contribution >= 0.6 is 15.9 Å². The molecule has 0 saturated heterocycles. The summed E-state index contributed by atoms with van der Waals surface area (Å²) in [7, 11) is -2.05. The van der Waals surface area contributed by atoms with E-state index >= 15 is 0 Å². The van der Waals surface area contributed by atoms with Gasteiger partial charge in [-0.1, -0.05) is 12.1 Å². The third kappa shape index (κ3) is 4.03. The molecule has 112 valence electrons. The highest BCUT2D eigenvalue weighted by Gasteiger charge is 2.17. The molecule has 2 rings (SSSR count). The van der Waals surface area contributed by atoms with Gasteiger partial charge in [-0.05, 0) is 46.1 Å². The van der Waals surface area contributed by atoms with Gasteiger partial charge >= 0.3 is 0 Å². The van der Waals surface area contributed by atoms with E-state index in [-0.39, 0.29) is 11.4 Å². The van der Waals surface area contributed by atoms with Crippen molar-refractivity contribution in [2.45, 2.75) is 18.4 Å². The number of pyridine rings is 1. The van der Waals surface area contributed by atoms with Crippen LogP contribution in [0.15, 0.2) is 45.9 Å². The Bertz CT molecular complexity index is 730. The summed E-state index contributed by atoms with van der Waals surface area (Å²) in [5.41, 5.74) is 1.74. The lowest BCUT2D eigenvalue weighted by Gasteiger charge is -2.09. The molecule has 7 heteroatoms. The number of halogens is 1. The van der Waals surface area contributed by atoms with Gasteiger partial charge in [0.15, 0.2) is 0 Å². The summed E-state index contributed by atoms with van der Waals surface area (Å²) in [5.74, 6) is 0.489. The minimum absolute atomic E-state index is 0.166. The standard InChI is InChI=1S/C14H15BrN2O3S/c1-10-3-5-13(12(15)7-10)21(18,19)17-9-11-4-6-14(20-2)16-8-11/h3-8,17H,9H2,1-2H3. The fraction of sp³-hybridized carbons (Fsp3) is 0.214. The molecule has 5 nitrogen and oxygen atoms in total. The zero-order valence-corrected chi connectivity index (χ0v) is 14.0. The largest absolute Gasteiger partial charge is 0.481 e. The van der Waals surface area contributed by atoms with Gasteiger partial charge in [0.25, 0.3) is 0 Å². The van der Waals surface area contributed by atoms with Gasteiger partial charge in [-0.15, -0.1) is 0 Å². The van der Waals surface area contributed by atoms with E-state index in [4.69, 9.17) is 4.74 Å². The van der Waals surface area contributed by atoms with Crippen LogP contribution in [0.25, 0.3) is 0 Å². The molecule has 0 radical (unpaired) electrons. The van der Waals surface area contributed by atoms with Gasteiger partial charge in [0.2, 0.25) is 15.9 Å². The number of sulfonamides is 1. The molecule has 21 heavy (non-hydrogen) atoms. The summed E-state index contributed by atoms with van der Waals surface area (Å²) in [4.78, 5) is 4.25. The second-order valence-electron chi connectivity index (χ2n) is 4.47. The van der Waals surface area contributed by atoms with Gasteiger partial charge in [-0.3, -0.25) is 0 Å². The predicted molar refractivity (Wildman–Crippen MR) is 83.7 cm³/mol. The van der Waals surface area contributed by atoms with E-state index in [0.717, 1.165) is 11.1 Å². The van der Waals surface area contributed by atoms with Gasteiger partial charge in [0.1, 0.15) is 0 Å². The van der Waals surface area contributed by atoms with Crippen LogP contribution < -0.4 is 9.46 Å². The Kier molecular flexibility index (Phi) is 4.97. The van der Waals surface area contributed by atoms with E-state index in [1.54, 1.807) is 36.5 Å². The van der Waals surface area contributed by atoms with Crippen LogP contribution in [0.3, 0.4) is 0 Å². The average molecular weight is 371 g/mol. The zero-order valence-electron chi connectivity index (χ0n) is 11.6. The van der Waals surface area contributed by atoms with Crippen molar-refractivity contribution in [2.24, 2.45) is 0 Å². The number of methoxy groups -OCH3 is 1. The number of hydrogen-bond acceptors (Lipinski definition) is 4. The number of hydrogen-bond donors (Lipinski definition) is 1. The molecule has 0 amide bonds. The SMILES string of the molecule is COc1ccc(CNS(=O)(=O)c2ccc(C)cc2Br)cn1. The third-order valence-corrected chi connectivity index (χ3v) is 5.23. The topological polar surface area (TPSA) is 68.3 Å². The van der Waals surface area contributed by atoms with Crippen LogP contribution in [0.1, 0.15) is 11.1 Å². The Balaban J connectivity index is 2.13. The average Bonchev–Trinajstić information content (AvgIpc) is 2.45. The van der Waals surface area contributed by atoms with E-state index in [9.17, 15) is 8.42 Å². The van der Waals surface area contributed by atoms with Crippen molar-refractivity contribution in [3.05, 3.63) is 52.1 Å². The first-order chi connectivity index (χ1) is 9.92. The highest BCUT2D eigenvalue weighted by atomic mass is 79.9. The van der Waals surface area contributed by atoms with Crippen LogP contribution in [-0.2, 0) is 16.6 Å². The van der Waals surface area contributed by atoms with Crippen molar-refractivity contribution >= 4 is 26.0 Å². The second kappa shape index (κ2) is 6.55. The van der Waals surface area contributed by atoms with Crippen molar-refractivity contribution < 1.29 is 13.2 Å². The minimum Gasteiger partial charge on any atom is -0.481 e. The number of aromatic nitrogens is 1. The first-order valence-corrected chi connectivity index (χ1v) is 8.45. The van der Waals surface area contributed by atoms with Gasteiger partial charge in [0, 0.05) is 23.3 Å². The molecule has 0 aliphatic rings. The summed E-state index contributed by atoms with van der Waals surface area (Å²) in [6, 6.07) is 8.55. The minimum atomic E-state index is -3.58. The number of rotatable bonds is 5. The molecule has 0 aliphatic heterocycles. The molecule has 0 fully saturated rings. The summed E-state index contributed by atoms with van der Waals surface area (Å²) < 4.78 is 32.6. The van der Waals surface area contributed by atoms with Crippen molar-refractivity contribution in [1.82, 2.24) is 9.71 Å². The van der Waals surface area contributed by atoms with E-state index in [0.29, 0.717) is 10.4 Å². The summed E-state index contributed by atoms with van der Waals surface area (Å²) in [6.45, 7) is 2.07. The molecular formula is C14H15BrN2O3S. The Morgan fingerprint density at radius 2 is 2.05 bits per heavy atom. The number of aryl methyl sites for hydroxylation is 1. The lowest BCUT2D eigenvalue weighted by atomic mass is 10.2. The Labute approximate surface area is 132 Å². The molecule has 2 aromatic rings. The van der Waals surface area contributed by atoms with Gasteiger partial charge in [-0.25, -0.2) is 18.1 Å². The first-order valence-electron chi connectivity index (χ1n) is 6.17. The molecule has 0 spiro atoms. The van der Waals surface area contributed by atoms with E-state index in [2.05, 4.69) is 25.6 Å². The van der Waals surface area contributed by atoms with Crippen molar-refractivity contribution in [1.29, 1.82) is 0 Å². The van der Waals surface area contributed by atoms with Crippen LogP contribution in [0.4, 0.5) is 0 Å². The molecular weight excluding hydrogens is 356 g/mol. The molecule has 0 bridgehead atoms. The van der Waals surface area contributed by atoms with Crippen LogP contribution in [-0.4, -0.2) is 20.5 Å². The molecule has 1 aromatic carbocycles. The highest BCUT2D eigenvalue weighted by Crippen LogP contribution is 2.23. The molecule has 1 N–H and O–H groups in total. The number of ether oxygens (including phenoxy) is 1. The van der Waals surface area contributed by atoms with Gasteiger partial charge < -0.3 is 4.74 Å². The van der Waals surface area contributed by atoms with Crippen molar-refractivity contribution in [2.75, 3.05) is 7.11 Å². The molecule has 0 saturated carbocycles. The van der Waals surface area contributed by atoms with E-state index in [1.807, 2.05) is 6.92 Å². The van der Waals surface area contributed by atoms with Crippen LogP contribution in [0.5, 0.6) is 5.88 Å². The molecule has 1 heterocycles. The number of benzene rings is 1. The number of nitrogens with one attached hydrogen (secondary N) is 1. The summed E-state index contributed by atoms with van der Waals surface area (Å²) in [6.07, 6.45) is 1.57. The zero-order chi connectivity index (χ0) is 15.5. The quantitative estimate of drug-likeness (QED) is 0.878. The number of nitrogens with zero attached hydrogens (tertiary/aromatic N) is 1. The third-order valence-electron chi connectivity index (χ3n) is 2.85. The van der Waals surface area contributed by atoms with Gasteiger partial charge in [0.05, 0.1) is 12.0 Å². The van der Waals surface area contributed by atoms with Crippen molar-refractivity contribution in [3.8, 4) is 5.88 Å². The maximum atomic E-state index is 12.3. The monoisotopic (exact) mass is 370 g/mol. The van der Waals surface area contributed by atoms with Gasteiger partial charge in [-0.2, -0.15) is 0 Å². The first kappa shape index (κ1) is 15.9. The van der Waals surface area contributed by atoms with Crippen molar-refractivity contribution in [3.63, 3.8) is 0 Å². The maximum absolute atomic E-state index is 12.3. The fourth-order valence-corrected chi connectivity index (χ4v) is 3.92. The normalized spacial score (nSPS) is 11.4. The lowest BCUT2D eigenvalue weighted by molar-refractivity contribution is 0.397. The maximum Gasteiger partial charge on any atom is 0.241 e. The lowest BCUT2D eigenvalue weighted by Crippen LogP contribution is -2.23. The van der Waals surface area contributed by atoms with E-state index in [1.165, 1.54) is 7.11 Å². The predicted octanol–water partition coefficient (Wildman–Crippen LogP) is 2.64. The fourth-order valence-electron chi connectivity index (χ4n) is 1.72. The smallest absolute Gasteiger partial charge is 0.241 e. The van der Waals surface area contributed by atoms with E-state index < -0.39 is 10.0 Å². The molecule has 0 aliphatic carbocycles. The Hall–Kier alpha value is -1.44. The Morgan fingerprint density at radius 3 is 2.62 bits per heavy atom. The van der Waals surface area contributed by atoms with Crippen LogP contribution in [0.2, 0.25) is 0 Å². The molecule has 0 unspecified atom stereocenters. The highest BCUT2D eigenvalue weighted by molar-refractivity contribution is 9.10. The Morgan fingerprint density at radius 1 is 1.29 bits per heavy atom.